The van der Waals surface area contributed by atoms with Crippen molar-refractivity contribution in [1.29, 1.82) is 0 Å². The van der Waals surface area contributed by atoms with Crippen LogP contribution in [0, 0.1) is 0 Å². The van der Waals surface area contributed by atoms with Crippen LogP contribution < -0.4 is 14.2 Å². The number of hydrogen-bond donors (Lipinski definition) is 1. The predicted molar refractivity (Wildman–Crippen MR) is 136 cm³/mol. The number of Topliss-reactive ketones (excluding diaryl/α,β-unsaturated/α-hetero) is 1. The lowest BCUT2D eigenvalue weighted by atomic mass is 9.95. The van der Waals surface area contributed by atoms with Gasteiger partial charge in [0.15, 0.2) is 0 Å². The summed E-state index contributed by atoms with van der Waals surface area (Å²) < 4.78 is 16.4. The Balaban J connectivity index is 1.84. The number of nitrogens with zero attached hydrogens (tertiary/aromatic N) is 1. The molecule has 3 aromatic carbocycles. The first kappa shape index (κ1) is 24.9. The largest absolute Gasteiger partial charge is 0.507 e. The molecular formula is C29H29NO6. The highest BCUT2D eigenvalue weighted by Gasteiger charge is 2.46. The smallest absolute Gasteiger partial charge is 0.295 e. The minimum atomic E-state index is -0.811. The Morgan fingerprint density at radius 1 is 0.889 bits per heavy atom. The van der Waals surface area contributed by atoms with Crippen LogP contribution in [0.4, 0.5) is 0 Å². The van der Waals surface area contributed by atoms with E-state index < -0.39 is 17.7 Å². The second-order valence-electron chi connectivity index (χ2n) is 8.75. The van der Waals surface area contributed by atoms with Gasteiger partial charge in [-0.3, -0.25) is 9.59 Å². The molecule has 186 valence electrons. The molecular weight excluding hydrogens is 458 g/mol. The Hall–Kier alpha value is -4.26. The van der Waals surface area contributed by atoms with E-state index in [0.29, 0.717) is 28.4 Å². The van der Waals surface area contributed by atoms with E-state index >= 15 is 0 Å². The number of rotatable bonds is 8. The standard InChI is InChI=1S/C29H29NO6/c1-18(2)36-24-10-5-7-20(15-24)26-25(27(31)21-8-6-9-23(16-21)35-4)28(32)29(33)30(26)17-19-11-13-22(34-3)14-12-19/h5-16,18,26,31H,17H2,1-4H3/b27-25-. The highest BCUT2D eigenvalue weighted by Crippen LogP contribution is 2.41. The highest BCUT2D eigenvalue weighted by atomic mass is 16.5. The average molecular weight is 488 g/mol. The van der Waals surface area contributed by atoms with Crippen LogP contribution >= 0.6 is 0 Å². The molecule has 1 heterocycles. The Labute approximate surface area is 210 Å². The number of amides is 1. The van der Waals surface area contributed by atoms with Gasteiger partial charge >= 0.3 is 0 Å². The van der Waals surface area contributed by atoms with Gasteiger partial charge in [-0.2, -0.15) is 0 Å². The quantitative estimate of drug-likeness (QED) is 0.270. The zero-order valence-electron chi connectivity index (χ0n) is 20.7. The molecule has 0 radical (unpaired) electrons. The number of aliphatic hydroxyl groups is 1. The SMILES string of the molecule is COc1ccc(CN2C(=O)C(=O)/C(=C(\O)c3cccc(OC)c3)C2c2cccc(OC(C)C)c2)cc1. The van der Waals surface area contributed by atoms with Crippen molar-refractivity contribution < 1.29 is 28.9 Å². The number of ether oxygens (including phenoxy) is 3. The first-order valence-electron chi connectivity index (χ1n) is 11.6. The lowest BCUT2D eigenvalue weighted by molar-refractivity contribution is -0.140. The van der Waals surface area contributed by atoms with Gasteiger partial charge in [-0.15, -0.1) is 0 Å². The van der Waals surface area contributed by atoms with Gasteiger partial charge in [0.25, 0.3) is 11.7 Å². The fourth-order valence-electron chi connectivity index (χ4n) is 4.27. The number of carbonyl (C=O) groups excluding carboxylic acids is 2. The van der Waals surface area contributed by atoms with Crippen molar-refractivity contribution in [3.63, 3.8) is 0 Å². The summed E-state index contributed by atoms with van der Waals surface area (Å²) in [6, 6.07) is 20.5. The molecule has 1 N–H and O–H groups in total. The van der Waals surface area contributed by atoms with Gasteiger partial charge < -0.3 is 24.2 Å². The van der Waals surface area contributed by atoms with Crippen molar-refractivity contribution in [1.82, 2.24) is 4.90 Å². The molecule has 0 aliphatic carbocycles. The van der Waals surface area contributed by atoms with Crippen LogP contribution in [0.25, 0.3) is 5.76 Å². The van der Waals surface area contributed by atoms with E-state index in [2.05, 4.69) is 0 Å². The van der Waals surface area contributed by atoms with Gasteiger partial charge in [0, 0.05) is 12.1 Å². The summed E-state index contributed by atoms with van der Waals surface area (Å²) in [6.45, 7) is 4.01. The number of benzene rings is 3. The Morgan fingerprint density at radius 2 is 1.56 bits per heavy atom. The van der Waals surface area contributed by atoms with E-state index in [9.17, 15) is 14.7 Å². The van der Waals surface area contributed by atoms with Gasteiger partial charge in [-0.05, 0) is 61.4 Å². The molecule has 0 saturated carbocycles. The predicted octanol–water partition coefficient (Wildman–Crippen LogP) is 5.11. The van der Waals surface area contributed by atoms with Crippen LogP contribution in [0.5, 0.6) is 17.2 Å². The van der Waals surface area contributed by atoms with Gasteiger partial charge in [-0.25, -0.2) is 0 Å². The number of hydrogen-bond acceptors (Lipinski definition) is 6. The third-order valence-electron chi connectivity index (χ3n) is 5.94. The number of carbonyl (C=O) groups is 2. The third-order valence-corrected chi connectivity index (χ3v) is 5.94. The molecule has 1 saturated heterocycles. The molecule has 1 amide bonds. The lowest BCUT2D eigenvalue weighted by Crippen LogP contribution is -2.29. The third kappa shape index (κ3) is 5.05. The van der Waals surface area contributed by atoms with Crippen molar-refractivity contribution in [2.45, 2.75) is 32.5 Å². The maximum absolute atomic E-state index is 13.3. The summed E-state index contributed by atoms with van der Waals surface area (Å²) in [5.74, 6) is 0.132. The molecule has 1 fully saturated rings. The van der Waals surface area contributed by atoms with E-state index in [-0.39, 0.29) is 24.0 Å². The Bertz CT molecular complexity index is 1300. The normalized spacial score (nSPS) is 16.9. The molecule has 7 heteroatoms. The van der Waals surface area contributed by atoms with Crippen molar-refractivity contribution in [2.75, 3.05) is 14.2 Å². The molecule has 3 aromatic rings. The van der Waals surface area contributed by atoms with Crippen molar-refractivity contribution in [2.24, 2.45) is 0 Å². The number of methoxy groups -OCH3 is 2. The second kappa shape index (κ2) is 10.6. The van der Waals surface area contributed by atoms with E-state index in [0.717, 1.165) is 5.56 Å². The minimum absolute atomic E-state index is 0.0171. The van der Waals surface area contributed by atoms with Crippen LogP contribution in [0.15, 0.2) is 78.4 Å². The van der Waals surface area contributed by atoms with Crippen molar-refractivity contribution in [3.05, 3.63) is 95.1 Å². The molecule has 0 bridgehead atoms. The lowest BCUT2D eigenvalue weighted by Gasteiger charge is -2.26. The van der Waals surface area contributed by atoms with Gasteiger partial charge in [0.2, 0.25) is 0 Å². The fourth-order valence-corrected chi connectivity index (χ4v) is 4.27. The van der Waals surface area contributed by atoms with Gasteiger partial charge in [-0.1, -0.05) is 36.4 Å². The molecule has 36 heavy (non-hydrogen) atoms. The van der Waals surface area contributed by atoms with Crippen molar-refractivity contribution >= 4 is 17.4 Å². The van der Waals surface area contributed by atoms with E-state index in [4.69, 9.17) is 14.2 Å². The first-order chi connectivity index (χ1) is 17.3. The summed E-state index contributed by atoms with van der Waals surface area (Å²) >= 11 is 0. The van der Waals surface area contributed by atoms with Gasteiger partial charge in [0.05, 0.1) is 31.9 Å². The van der Waals surface area contributed by atoms with E-state index in [1.54, 1.807) is 49.6 Å². The number of aliphatic hydroxyl groups excluding tert-OH is 1. The number of ketones is 1. The molecule has 1 aliphatic heterocycles. The summed E-state index contributed by atoms with van der Waals surface area (Å²) in [5, 5.41) is 11.3. The monoisotopic (exact) mass is 487 g/mol. The van der Waals surface area contributed by atoms with Crippen LogP contribution in [0.2, 0.25) is 0 Å². The minimum Gasteiger partial charge on any atom is -0.507 e. The highest BCUT2D eigenvalue weighted by molar-refractivity contribution is 6.46. The Kier molecular flexibility index (Phi) is 7.29. The molecule has 1 atom stereocenters. The van der Waals surface area contributed by atoms with Crippen LogP contribution in [0.1, 0.15) is 36.6 Å². The molecule has 4 rings (SSSR count). The maximum atomic E-state index is 13.3. The second-order valence-corrected chi connectivity index (χ2v) is 8.75. The first-order valence-corrected chi connectivity index (χ1v) is 11.6. The van der Waals surface area contributed by atoms with Crippen molar-refractivity contribution in [3.8, 4) is 17.2 Å². The molecule has 1 unspecified atom stereocenters. The van der Waals surface area contributed by atoms with Crippen LogP contribution in [-0.2, 0) is 16.1 Å². The topological polar surface area (TPSA) is 85.3 Å². The molecule has 1 aliphatic rings. The summed E-state index contributed by atoms with van der Waals surface area (Å²) in [5.41, 5.74) is 1.88. The summed E-state index contributed by atoms with van der Waals surface area (Å²) in [7, 11) is 3.10. The summed E-state index contributed by atoms with van der Waals surface area (Å²) in [6.07, 6.45) is -0.0531. The molecule has 7 nitrogen and oxygen atoms in total. The zero-order valence-corrected chi connectivity index (χ0v) is 20.7. The zero-order chi connectivity index (χ0) is 25.8. The number of likely N-dealkylation sites (tertiary alicyclic amines) is 1. The van der Waals surface area contributed by atoms with Crippen LogP contribution in [-0.4, -0.2) is 42.0 Å². The molecule has 0 aromatic heterocycles. The fraction of sp³-hybridized carbons (Fsp3) is 0.241. The average Bonchev–Trinajstić information content (AvgIpc) is 3.13. The van der Waals surface area contributed by atoms with E-state index in [1.165, 1.54) is 12.0 Å². The maximum Gasteiger partial charge on any atom is 0.295 e. The Morgan fingerprint density at radius 3 is 2.22 bits per heavy atom. The summed E-state index contributed by atoms with van der Waals surface area (Å²) in [4.78, 5) is 28.1. The molecule has 0 spiro atoms. The van der Waals surface area contributed by atoms with Crippen LogP contribution in [0.3, 0.4) is 0 Å². The van der Waals surface area contributed by atoms with E-state index in [1.807, 2.05) is 44.2 Å². The van der Waals surface area contributed by atoms with Gasteiger partial charge in [0.1, 0.15) is 23.0 Å².